The quantitative estimate of drug-likeness (QED) is 0.219. The Morgan fingerprint density at radius 2 is 1.40 bits per heavy atom. The van der Waals surface area contributed by atoms with Crippen molar-refractivity contribution in [3.8, 4) is 11.1 Å². The van der Waals surface area contributed by atoms with Crippen LogP contribution < -0.4 is 0 Å². The lowest BCUT2D eigenvalue weighted by molar-refractivity contribution is -0.278. The highest BCUT2D eigenvalue weighted by Crippen LogP contribution is 2.43. The zero-order valence-electron chi connectivity index (χ0n) is 28.2. The summed E-state index contributed by atoms with van der Waals surface area (Å²) in [6.45, 7) is 6.28. The van der Waals surface area contributed by atoms with Crippen molar-refractivity contribution in [3.05, 3.63) is 130 Å². The van der Waals surface area contributed by atoms with E-state index in [1.165, 1.54) is 4.90 Å². The van der Waals surface area contributed by atoms with Gasteiger partial charge < -0.3 is 29.0 Å². The fourth-order valence-electron chi connectivity index (χ4n) is 7.69. The molecular formula is C41H42N2O7. The van der Waals surface area contributed by atoms with Crippen molar-refractivity contribution in [2.75, 3.05) is 32.8 Å². The number of imide groups is 1. The molecule has 1 spiro atoms. The Morgan fingerprint density at radius 3 is 2.06 bits per heavy atom. The summed E-state index contributed by atoms with van der Waals surface area (Å²) < 4.78 is 25.4. The first-order chi connectivity index (χ1) is 24.4. The lowest BCUT2D eigenvalue weighted by atomic mass is 9.89. The first kappa shape index (κ1) is 33.0. The van der Waals surface area contributed by atoms with Crippen molar-refractivity contribution in [1.29, 1.82) is 0 Å². The molecule has 50 heavy (non-hydrogen) atoms. The molecule has 9 heteroatoms. The van der Waals surface area contributed by atoms with E-state index >= 15 is 0 Å². The van der Waals surface area contributed by atoms with Crippen molar-refractivity contribution in [1.82, 2.24) is 9.80 Å². The number of rotatable bonds is 8. The number of fused-ring (bicyclic) bond motifs is 1. The molecule has 258 valence electrons. The second-order valence-corrected chi connectivity index (χ2v) is 13.8. The van der Waals surface area contributed by atoms with E-state index in [0.29, 0.717) is 24.3 Å². The average molecular weight is 675 g/mol. The van der Waals surface area contributed by atoms with Crippen LogP contribution in [0.3, 0.4) is 0 Å². The van der Waals surface area contributed by atoms with Crippen LogP contribution in [0.4, 0.5) is 0 Å². The van der Waals surface area contributed by atoms with E-state index in [1.54, 1.807) is 24.3 Å². The molecule has 4 aliphatic heterocycles. The van der Waals surface area contributed by atoms with Gasteiger partial charge in [-0.05, 0) is 46.0 Å². The van der Waals surface area contributed by atoms with Gasteiger partial charge in [0.1, 0.15) is 0 Å². The Labute approximate surface area is 292 Å². The van der Waals surface area contributed by atoms with Gasteiger partial charge in [0.25, 0.3) is 11.8 Å². The number of benzene rings is 4. The molecule has 0 radical (unpaired) electrons. The highest BCUT2D eigenvalue weighted by Gasteiger charge is 2.43. The standard InChI is InChI=1S/C41H42N2O7/c1-27-36(25-42-19-17-41(18-20-42)47-21-22-48-41)49-40(50-37(27)31-11-9-28(26-44)10-12-31)32-15-13-30(14-16-32)33-6-4-5-29(23-33)24-43-38(45)34-7-2-3-8-35(34)39(43)46/h2-16,23,27,36-37,40,44H,17-22,24-26H2,1H3. The summed E-state index contributed by atoms with van der Waals surface area (Å²) in [6, 6.07) is 31.1. The van der Waals surface area contributed by atoms with E-state index in [-0.39, 0.29) is 43.1 Å². The van der Waals surface area contributed by atoms with E-state index < -0.39 is 12.1 Å². The third-order valence-corrected chi connectivity index (χ3v) is 10.7. The molecule has 4 atom stereocenters. The molecule has 0 saturated carbocycles. The van der Waals surface area contributed by atoms with Gasteiger partial charge >= 0.3 is 0 Å². The number of ether oxygens (including phenoxy) is 4. The molecule has 0 bridgehead atoms. The third kappa shape index (κ3) is 6.41. The average Bonchev–Trinajstić information content (AvgIpc) is 3.72. The minimum Gasteiger partial charge on any atom is -0.392 e. The van der Waals surface area contributed by atoms with Crippen LogP contribution in [-0.2, 0) is 32.1 Å². The van der Waals surface area contributed by atoms with Crippen molar-refractivity contribution in [3.63, 3.8) is 0 Å². The van der Waals surface area contributed by atoms with Crippen LogP contribution in [0, 0.1) is 5.92 Å². The van der Waals surface area contributed by atoms with Gasteiger partial charge in [-0.2, -0.15) is 0 Å². The van der Waals surface area contributed by atoms with Gasteiger partial charge in [-0.3, -0.25) is 14.5 Å². The van der Waals surface area contributed by atoms with Gasteiger partial charge in [-0.15, -0.1) is 0 Å². The Morgan fingerprint density at radius 1 is 0.740 bits per heavy atom. The number of hydrogen-bond acceptors (Lipinski definition) is 8. The molecule has 9 nitrogen and oxygen atoms in total. The molecule has 3 saturated heterocycles. The maximum absolute atomic E-state index is 13.0. The molecule has 4 unspecified atom stereocenters. The minimum absolute atomic E-state index is 0.00236. The Balaban J connectivity index is 0.993. The van der Waals surface area contributed by atoms with Crippen LogP contribution in [0.5, 0.6) is 0 Å². The Hall–Kier alpha value is -4.22. The van der Waals surface area contributed by atoms with Gasteiger partial charge in [0.05, 0.1) is 49.7 Å². The van der Waals surface area contributed by atoms with Gasteiger partial charge in [-0.25, -0.2) is 0 Å². The lowest BCUT2D eigenvalue weighted by Crippen LogP contribution is -2.50. The summed E-state index contributed by atoms with van der Waals surface area (Å²) in [6.07, 6.45) is 0.865. The predicted molar refractivity (Wildman–Crippen MR) is 186 cm³/mol. The van der Waals surface area contributed by atoms with E-state index in [0.717, 1.165) is 65.9 Å². The van der Waals surface area contributed by atoms with Crippen molar-refractivity contribution in [2.24, 2.45) is 5.92 Å². The van der Waals surface area contributed by atoms with Crippen molar-refractivity contribution in [2.45, 2.75) is 57.2 Å². The monoisotopic (exact) mass is 674 g/mol. The van der Waals surface area contributed by atoms with Gasteiger partial charge in [0.2, 0.25) is 0 Å². The summed E-state index contributed by atoms with van der Waals surface area (Å²) in [5, 5.41) is 9.62. The van der Waals surface area contributed by atoms with Crippen LogP contribution in [0.15, 0.2) is 97.1 Å². The smallest absolute Gasteiger partial charge is 0.261 e. The lowest BCUT2D eigenvalue weighted by Gasteiger charge is -2.44. The van der Waals surface area contributed by atoms with E-state index in [2.05, 4.69) is 36.1 Å². The van der Waals surface area contributed by atoms with Gasteiger partial charge in [0, 0.05) is 44.0 Å². The summed E-state index contributed by atoms with van der Waals surface area (Å²) >= 11 is 0. The van der Waals surface area contributed by atoms with Crippen LogP contribution in [0.1, 0.15) is 75.1 Å². The molecular weight excluding hydrogens is 632 g/mol. The highest BCUT2D eigenvalue weighted by molar-refractivity contribution is 6.21. The van der Waals surface area contributed by atoms with Gasteiger partial charge in [0.15, 0.2) is 12.1 Å². The number of amides is 2. The number of carbonyl (C=O) groups excluding carboxylic acids is 2. The third-order valence-electron chi connectivity index (χ3n) is 10.7. The first-order valence-corrected chi connectivity index (χ1v) is 17.6. The predicted octanol–water partition coefficient (Wildman–Crippen LogP) is 6.27. The molecule has 3 fully saturated rings. The van der Waals surface area contributed by atoms with E-state index in [4.69, 9.17) is 18.9 Å². The zero-order chi connectivity index (χ0) is 34.2. The number of carbonyl (C=O) groups is 2. The topological polar surface area (TPSA) is 97.8 Å². The fourth-order valence-corrected chi connectivity index (χ4v) is 7.69. The number of aliphatic hydroxyl groups is 1. The number of likely N-dealkylation sites (tertiary alicyclic amines) is 1. The van der Waals surface area contributed by atoms with Crippen molar-refractivity contribution >= 4 is 11.8 Å². The summed E-state index contributed by atoms with van der Waals surface area (Å²) in [7, 11) is 0. The highest BCUT2D eigenvalue weighted by atomic mass is 16.7. The number of piperidine rings is 1. The number of hydrogen-bond donors (Lipinski definition) is 1. The maximum atomic E-state index is 13.0. The molecule has 2 amide bonds. The molecule has 4 aliphatic rings. The minimum atomic E-state index is -0.564. The molecule has 0 aliphatic carbocycles. The molecule has 1 N–H and O–H groups in total. The number of aliphatic hydroxyl groups excluding tert-OH is 1. The van der Waals surface area contributed by atoms with Crippen LogP contribution >= 0.6 is 0 Å². The SMILES string of the molecule is CC1C(CN2CCC3(CC2)OCCO3)OC(c2ccc(-c3cccc(CN4C(=O)c5ccccc5C4=O)c3)cc2)OC1c1ccc(CO)cc1. The molecule has 4 heterocycles. The van der Waals surface area contributed by atoms with Crippen LogP contribution in [-0.4, -0.2) is 71.5 Å². The Kier molecular flexibility index (Phi) is 9.11. The van der Waals surface area contributed by atoms with Crippen LogP contribution in [0.25, 0.3) is 11.1 Å². The summed E-state index contributed by atoms with van der Waals surface area (Å²) in [5.41, 5.74) is 6.63. The second kappa shape index (κ2) is 13.8. The molecule has 4 aromatic rings. The first-order valence-electron chi connectivity index (χ1n) is 17.6. The van der Waals surface area contributed by atoms with Gasteiger partial charge in [-0.1, -0.05) is 85.8 Å². The van der Waals surface area contributed by atoms with E-state index in [1.807, 2.05) is 48.5 Å². The Bertz CT molecular complexity index is 1810. The second-order valence-electron chi connectivity index (χ2n) is 13.8. The largest absolute Gasteiger partial charge is 0.392 e. The summed E-state index contributed by atoms with van der Waals surface area (Å²) in [5.74, 6) is -0.854. The number of nitrogens with zero attached hydrogens (tertiary/aromatic N) is 2. The maximum Gasteiger partial charge on any atom is 0.261 e. The van der Waals surface area contributed by atoms with Crippen LogP contribution in [0.2, 0.25) is 0 Å². The molecule has 0 aromatic heterocycles. The molecule has 4 aromatic carbocycles. The molecule has 8 rings (SSSR count). The van der Waals surface area contributed by atoms with Crippen molar-refractivity contribution < 1.29 is 33.6 Å². The zero-order valence-corrected chi connectivity index (χ0v) is 28.2. The fraction of sp³-hybridized carbons (Fsp3) is 0.366. The summed E-state index contributed by atoms with van der Waals surface area (Å²) in [4.78, 5) is 29.7. The van der Waals surface area contributed by atoms with E-state index in [9.17, 15) is 14.7 Å². The normalized spacial score (nSPS) is 25.0.